The van der Waals surface area contributed by atoms with E-state index in [1.807, 2.05) is 0 Å². The van der Waals surface area contributed by atoms with Gasteiger partial charge in [0.25, 0.3) is 5.91 Å². The number of nitrogens with zero attached hydrogens (tertiary/aromatic N) is 4. The summed E-state index contributed by atoms with van der Waals surface area (Å²) in [5, 5.41) is 9.55. The third-order valence-corrected chi connectivity index (χ3v) is 6.96. The lowest BCUT2D eigenvalue weighted by Crippen LogP contribution is -2.55. The average molecular weight is 471 g/mol. The molecule has 7 nitrogen and oxygen atoms in total. The van der Waals surface area contributed by atoms with Gasteiger partial charge < -0.3 is 14.9 Å². The van der Waals surface area contributed by atoms with Crippen molar-refractivity contribution in [1.82, 2.24) is 19.2 Å². The van der Waals surface area contributed by atoms with Gasteiger partial charge in [-0.1, -0.05) is 11.6 Å². The van der Waals surface area contributed by atoms with E-state index < -0.39 is 29.4 Å². The normalized spacial score (nSPS) is 24.6. The topological polar surface area (TPSA) is 78.2 Å². The van der Waals surface area contributed by atoms with Crippen molar-refractivity contribution in [3.63, 3.8) is 0 Å². The smallest absolute Gasteiger partial charge is 0.393 e. The van der Waals surface area contributed by atoms with Crippen molar-refractivity contribution >= 4 is 29.1 Å². The second kappa shape index (κ2) is 7.62. The van der Waals surface area contributed by atoms with E-state index in [2.05, 4.69) is 4.98 Å². The van der Waals surface area contributed by atoms with E-state index >= 15 is 0 Å². The van der Waals surface area contributed by atoms with Crippen molar-refractivity contribution in [2.45, 2.75) is 56.3 Å². The molecule has 11 heteroatoms. The van der Waals surface area contributed by atoms with Gasteiger partial charge in [-0.15, -0.1) is 0 Å². The molecule has 2 aromatic rings. The van der Waals surface area contributed by atoms with Crippen molar-refractivity contribution < 1.29 is 27.9 Å². The Morgan fingerprint density at radius 2 is 1.94 bits per heavy atom. The monoisotopic (exact) mass is 470 g/mol. The third-order valence-electron chi connectivity index (χ3n) is 6.60. The van der Waals surface area contributed by atoms with Gasteiger partial charge in [-0.25, -0.2) is 4.98 Å². The SMILES string of the molecule is O=C(c1nc2c(C(F)(F)F)cc(C3CC3)cn2c1Cl)N1CCN(C2CCC(O)C2)C(=O)C1. The number of aliphatic hydroxyl groups is 1. The molecule has 0 bridgehead atoms. The molecule has 0 radical (unpaired) electrons. The Balaban J connectivity index is 1.43. The van der Waals surface area contributed by atoms with Gasteiger partial charge in [0.1, 0.15) is 11.7 Å². The molecule has 0 aromatic carbocycles. The minimum absolute atomic E-state index is 0.0521. The maximum atomic E-state index is 13.7. The predicted octanol–water partition coefficient (Wildman–Crippen LogP) is 3.08. The molecule has 2 atom stereocenters. The Bertz CT molecular complexity index is 1100. The lowest BCUT2D eigenvalue weighted by atomic mass is 10.1. The number of amides is 2. The number of piperazine rings is 1. The first kappa shape index (κ1) is 21.5. The molecule has 5 rings (SSSR count). The van der Waals surface area contributed by atoms with Crippen LogP contribution in [-0.4, -0.2) is 67.9 Å². The largest absolute Gasteiger partial charge is 0.419 e. The number of aromatic nitrogens is 2. The van der Waals surface area contributed by atoms with Crippen LogP contribution >= 0.6 is 11.6 Å². The zero-order chi connectivity index (χ0) is 22.8. The molecule has 172 valence electrons. The van der Waals surface area contributed by atoms with Gasteiger partial charge in [0.05, 0.1) is 11.7 Å². The highest BCUT2D eigenvalue weighted by atomic mass is 35.5. The fourth-order valence-electron chi connectivity index (χ4n) is 4.74. The minimum Gasteiger partial charge on any atom is -0.393 e. The lowest BCUT2D eigenvalue weighted by Gasteiger charge is -2.37. The summed E-state index contributed by atoms with van der Waals surface area (Å²) in [7, 11) is 0. The number of hydrogen-bond acceptors (Lipinski definition) is 4. The van der Waals surface area contributed by atoms with E-state index in [0.717, 1.165) is 23.3 Å². The molecular weight excluding hydrogens is 449 g/mol. The maximum Gasteiger partial charge on any atom is 0.419 e. The van der Waals surface area contributed by atoms with Gasteiger partial charge in [-0.2, -0.15) is 13.2 Å². The lowest BCUT2D eigenvalue weighted by molar-refractivity contribution is -0.138. The fraction of sp³-hybridized carbons (Fsp3) is 0.571. The fourth-order valence-corrected chi connectivity index (χ4v) is 4.99. The number of carbonyl (C=O) groups is 2. The van der Waals surface area contributed by atoms with E-state index in [1.165, 1.54) is 11.1 Å². The molecule has 2 saturated carbocycles. The molecule has 3 aliphatic rings. The van der Waals surface area contributed by atoms with E-state index in [9.17, 15) is 27.9 Å². The molecule has 2 aromatic heterocycles. The van der Waals surface area contributed by atoms with Crippen molar-refractivity contribution in [3.8, 4) is 0 Å². The number of carbonyl (C=O) groups excluding carboxylic acids is 2. The Morgan fingerprint density at radius 1 is 1.19 bits per heavy atom. The summed E-state index contributed by atoms with van der Waals surface area (Å²) in [5.41, 5.74) is -1.11. The van der Waals surface area contributed by atoms with Crippen molar-refractivity contribution in [2.24, 2.45) is 0 Å². The van der Waals surface area contributed by atoms with Crippen LogP contribution in [0.4, 0.5) is 13.2 Å². The summed E-state index contributed by atoms with van der Waals surface area (Å²) < 4.78 is 42.2. The Labute approximate surface area is 186 Å². The quantitative estimate of drug-likeness (QED) is 0.748. The molecule has 2 aliphatic carbocycles. The van der Waals surface area contributed by atoms with E-state index in [0.29, 0.717) is 31.4 Å². The number of fused-ring (bicyclic) bond motifs is 1. The Hall–Kier alpha value is -2.33. The first-order chi connectivity index (χ1) is 15.1. The van der Waals surface area contributed by atoms with Crippen LogP contribution in [0.3, 0.4) is 0 Å². The number of pyridine rings is 1. The predicted molar refractivity (Wildman–Crippen MR) is 108 cm³/mol. The second-order valence-electron chi connectivity index (χ2n) is 8.84. The summed E-state index contributed by atoms with van der Waals surface area (Å²) in [6, 6.07) is 1.03. The summed E-state index contributed by atoms with van der Waals surface area (Å²) in [6.45, 7) is 0.322. The van der Waals surface area contributed by atoms with Crippen LogP contribution in [-0.2, 0) is 11.0 Å². The summed E-state index contributed by atoms with van der Waals surface area (Å²) >= 11 is 6.34. The average Bonchev–Trinajstić information content (AvgIpc) is 3.42. The van der Waals surface area contributed by atoms with Gasteiger partial charge in [-0.3, -0.25) is 14.0 Å². The van der Waals surface area contributed by atoms with E-state index in [-0.39, 0.29) is 41.8 Å². The van der Waals surface area contributed by atoms with Gasteiger partial charge in [0, 0.05) is 25.3 Å². The minimum atomic E-state index is -4.64. The summed E-state index contributed by atoms with van der Waals surface area (Å²) in [5.74, 6) is -0.868. The number of halogens is 4. The molecule has 0 spiro atoms. The molecule has 32 heavy (non-hydrogen) atoms. The summed E-state index contributed by atoms with van der Waals surface area (Å²) in [6.07, 6.45) is -0.0658. The second-order valence-corrected chi connectivity index (χ2v) is 9.20. The van der Waals surface area contributed by atoms with E-state index in [4.69, 9.17) is 11.6 Å². The highest BCUT2D eigenvalue weighted by molar-refractivity contribution is 6.33. The van der Waals surface area contributed by atoms with Crippen molar-refractivity contribution in [2.75, 3.05) is 19.6 Å². The van der Waals surface area contributed by atoms with Crippen LogP contribution in [0.2, 0.25) is 5.15 Å². The molecule has 1 saturated heterocycles. The number of alkyl halides is 3. The van der Waals surface area contributed by atoms with Gasteiger partial charge in [0.2, 0.25) is 5.91 Å². The first-order valence-electron chi connectivity index (χ1n) is 10.7. The molecular formula is C21H22ClF3N4O3. The van der Waals surface area contributed by atoms with Crippen molar-refractivity contribution in [1.29, 1.82) is 0 Å². The van der Waals surface area contributed by atoms with Crippen LogP contribution in [0.15, 0.2) is 12.3 Å². The zero-order valence-corrected chi connectivity index (χ0v) is 17.9. The molecule has 3 heterocycles. The van der Waals surface area contributed by atoms with Crippen LogP contribution < -0.4 is 0 Å². The van der Waals surface area contributed by atoms with Crippen LogP contribution in [0, 0.1) is 0 Å². The Kier molecular flexibility index (Phi) is 5.12. The van der Waals surface area contributed by atoms with Gasteiger partial charge in [0.15, 0.2) is 11.3 Å². The molecule has 1 N–H and O–H groups in total. The van der Waals surface area contributed by atoms with Crippen LogP contribution in [0.1, 0.15) is 59.6 Å². The molecule has 2 amide bonds. The van der Waals surface area contributed by atoms with Crippen LogP contribution in [0.5, 0.6) is 0 Å². The number of rotatable bonds is 3. The maximum absolute atomic E-state index is 13.7. The standard InChI is InChI=1S/C21H22ClF3N4O3/c22-18-17(20(32)27-5-6-28(16(31)10-27)13-3-4-14(30)8-13)26-19-15(21(23,24)25)7-12(9-29(18)19)11-1-2-11/h7,9,11,13-14,30H,1-6,8,10H2. The zero-order valence-electron chi connectivity index (χ0n) is 17.1. The number of hydrogen-bond donors (Lipinski definition) is 1. The molecule has 1 aliphatic heterocycles. The van der Waals surface area contributed by atoms with Crippen LogP contribution in [0.25, 0.3) is 5.65 Å². The number of aliphatic hydroxyl groups excluding tert-OH is 1. The Morgan fingerprint density at radius 3 is 2.53 bits per heavy atom. The van der Waals surface area contributed by atoms with Crippen molar-refractivity contribution in [3.05, 3.63) is 34.2 Å². The highest BCUT2D eigenvalue weighted by Crippen LogP contribution is 2.43. The van der Waals surface area contributed by atoms with Gasteiger partial charge >= 0.3 is 6.18 Å². The molecule has 2 unspecified atom stereocenters. The number of imidazole rings is 1. The van der Waals surface area contributed by atoms with Gasteiger partial charge in [-0.05, 0) is 49.7 Å². The molecule has 3 fully saturated rings. The highest BCUT2D eigenvalue weighted by Gasteiger charge is 2.39. The summed E-state index contributed by atoms with van der Waals surface area (Å²) in [4.78, 5) is 32.6. The first-order valence-corrected chi connectivity index (χ1v) is 11.1. The van der Waals surface area contributed by atoms with E-state index in [1.54, 1.807) is 4.90 Å². The third kappa shape index (κ3) is 3.73.